The fourth-order valence-corrected chi connectivity index (χ4v) is 0. The molecule has 0 aromatic heterocycles. The molecule has 0 saturated carbocycles. The fourth-order valence-electron chi connectivity index (χ4n) is 0. The molecule has 0 aromatic carbocycles. The number of hydrogen-bond acceptors (Lipinski definition) is 3. The Morgan fingerprint density at radius 2 is 1.00 bits per heavy atom. The maximum absolute atomic E-state index is 7.23. The van der Waals surface area contributed by atoms with Crippen LogP contribution < -0.4 is 0 Å². The largest absolute Gasteiger partial charge is 0.328 e. The van der Waals surface area contributed by atoms with Crippen molar-refractivity contribution in [2.45, 2.75) is 0 Å². The SMILES string of the molecule is OP(O)O.[Ni]. The predicted octanol–water partition coefficient (Wildman–Crippen LogP) is -0.812. The predicted molar refractivity (Wildman–Crippen MR) is 13.6 cm³/mol. The van der Waals surface area contributed by atoms with Crippen LogP contribution in [0.3, 0.4) is 0 Å². The summed E-state index contributed by atoms with van der Waals surface area (Å²) in [5, 5.41) is 0. The number of hydrogen-bond donors (Lipinski definition) is 3. The zero-order valence-corrected chi connectivity index (χ0v) is 3.99. The van der Waals surface area contributed by atoms with Gasteiger partial charge >= 0.3 is 8.60 Å². The molecule has 0 rings (SSSR count). The van der Waals surface area contributed by atoms with E-state index in [-0.39, 0.29) is 16.5 Å². The van der Waals surface area contributed by atoms with Crippen molar-refractivity contribution in [1.82, 2.24) is 0 Å². The second kappa shape index (κ2) is 4.80. The normalized spacial score (nSPS) is 7.20. The Bertz CT molecular complexity index is 11.6. The van der Waals surface area contributed by atoms with Gasteiger partial charge in [-0.15, -0.1) is 0 Å². The Morgan fingerprint density at radius 1 is 1.00 bits per heavy atom. The van der Waals surface area contributed by atoms with Gasteiger partial charge in [0.25, 0.3) is 0 Å². The summed E-state index contributed by atoms with van der Waals surface area (Å²) in [4.78, 5) is 21.7. The summed E-state index contributed by atoms with van der Waals surface area (Å²) in [6, 6.07) is 0. The van der Waals surface area contributed by atoms with E-state index in [0.717, 1.165) is 0 Å². The summed E-state index contributed by atoms with van der Waals surface area (Å²) < 4.78 is 0. The number of rotatable bonds is 0. The van der Waals surface area contributed by atoms with Gasteiger partial charge in [-0.05, 0) is 0 Å². The maximum atomic E-state index is 7.23. The van der Waals surface area contributed by atoms with Crippen molar-refractivity contribution < 1.29 is 31.2 Å². The third kappa shape index (κ3) is 58.5. The summed E-state index contributed by atoms with van der Waals surface area (Å²) in [6.07, 6.45) is 0. The molecule has 0 fully saturated rings. The molecule has 5 heavy (non-hydrogen) atoms. The van der Waals surface area contributed by atoms with Gasteiger partial charge < -0.3 is 14.7 Å². The molecule has 3 N–H and O–H groups in total. The Balaban J connectivity index is 0. The first-order chi connectivity index (χ1) is 1.73. The standard InChI is InChI=1S/Ni.H3O3P/c;1-4(2)3/h;1-3H. The summed E-state index contributed by atoms with van der Waals surface area (Å²) in [7, 11) is -2.62. The van der Waals surface area contributed by atoms with Gasteiger partial charge in [0, 0.05) is 16.5 Å². The van der Waals surface area contributed by atoms with Gasteiger partial charge in [0.1, 0.15) is 0 Å². The topological polar surface area (TPSA) is 60.7 Å². The van der Waals surface area contributed by atoms with E-state index in [1.807, 2.05) is 0 Å². The molecule has 0 aliphatic rings. The average Bonchev–Trinajstić information content (AvgIpc) is 0.811. The van der Waals surface area contributed by atoms with Crippen molar-refractivity contribution in [2.24, 2.45) is 0 Å². The Morgan fingerprint density at radius 3 is 1.00 bits per heavy atom. The monoisotopic (exact) mass is 140 g/mol. The van der Waals surface area contributed by atoms with Gasteiger partial charge in [0.2, 0.25) is 0 Å². The smallest absolute Gasteiger partial charge is 0.324 e. The van der Waals surface area contributed by atoms with Crippen LogP contribution in [0.4, 0.5) is 0 Å². The molecule has 0 atom stereocenters. The molecular weight excluding hydrogens is 138 g/mol. The second-order valence-electron chi connectivity index (χ2n) is 0.268. The molecule has 0 saturated heterocycles. The van der Waals surface area contributed by atoms with Crippen LogP contribution >= 0.6 is 8.60 Å². The third-order valence-electron chi connectivity index (χ3n) is 0. The molecule has 0 heterocycles. The van der Waals surface area contributed by atoms with Crippen LogP contribution in [0.2, 0.25) is 0 Å². The molecule has 0 aliphatic carbocycles. The second-order valence-corrected chi connectivity index (χ2v) is 0.805. The van der Waals surface area contributed by atoms with E-state index in [9.17, 15) is 0 Å². The van der Waals surface area contributed by atoms with E-state index in [0.29, 0.717) is 0 Å². The van der Waals surface area contributed by atoms with Crippen LogP contribution in [-0.4, -0.2) is 14.7 Å². The van der Waals surface area contributed by atoms with E-state index >= 15 is 0 Å². The Kier molecular flexibility index (Phi) is 8.89. The van der Waals surface area contributed by atoms with E-state index in [1.54, 1.807) is 0 Å². The molecule has 0 spiro atoms. The van der Waals surface area contributed by atoms with Crippen molar-refractivity contribution in [3.63, 3.8) is 0 Å². The van der Waals surface area contributed by atoms with Crippen LogP contribution in [0, 0.1) is 0 Å². The summed E-state index contributed by atoms with van der Waals surface area (Å²) in [6.45, 7) is 0. The van der Waals surface area contributed by atoms with E-state index in [4.69, 9.17) is 14.7 Å². The molecule has 0 bridgehead atoms. The van der Waals surface area contributed by atoms with Crippen molar-refractivity contribution in [1.29, 1.82) is 0 Å². The first-order valence-electron chi connectivity index (χ1n) is 0.600. The van der Waals surface area contributed by atoms with Gasteiger partial charge in [-0.3, -0.25) is 0 Å². The molecular formula is H3NiO3P. The van der Waals surface area contributed by atoms with Crippen molar-refractivity contribution in [3.05, 3.63) is 0 Å². The summed E-state index contributed by atoms with van der Waals surface area (Å²) in [5.41, 5.74) is 0. The van der Waals surface area contributed by atoms with Crippen LogP contribution in [-0.2, 0) is 16.5 Å². The van der Waals surface area contributed by atoms with Gasteiger partial charge in [-0.1, -0.05) is 0 Å². The minimum absolute atomic E-state index is 0. The van der Waals surface area contributed by atoms with Crippen LogP contribution in [0.5, 0.6) is 0 Å². The van der Waals surface area contributed by atoms with Gasteiger partial charge in [0.05, 0.1) is 0 Å². The van der Waals surface area contributed by atoms with Crippen molar-refractivity contribution in [3.8, 4) is 0 Å². The van der Waals surface area contributed by atoms with E-state index in [2.05, 4.69) is 0 Å². The van der Waals surface area contributed by atoms with Crippen LogP contribution in [0.15, 0.2) is 0 Å². The molecule has 0 amide bonds. The van der Waals surface area contributed by atoms with Crippen LogP contribution in [0.25, 0.3) is 0 Å². The van der Waals surface area contributed by atoms with E-state index in [1.165, 1.54) is 0 Å². The molecule has 0 aliphatic heterocycles. The van der Waals surface area contributed by atoms with Crippen molar-refractivity contribution in [2.75, 3.05) is 0 Å². The van der Waals surface area contributed by atoms with Crippen molar-refractivity contribution >= 4 is 8.60 Å². The first-order valence-corrected chi connectivity index (χ1v) is 1.80. The molecule has 0 unspecified atom stereocenters. The Hall–Kier alpha value is 0.804. The first kappa shape index (κ1) is 9.26. The minimum Gasteiger partial charge on any atom is -0.328 e. The van der Waals surface area contributed by atoms with Crippen LogP contribution in [0.1, 0.15) is 0 Å². The molecule has 0 aromatic rings. The molecule has 36 valence electrons. The van der Waals surface area contributed by atoms with E-state index < -0.39 is 8.60 Å². The average molecular weight is 141 g/mol. The Labute approximate surface area is 40.6 Å². The molecule has 5 heteroatoms. The minimum atomic E-state index is -2.62. The maximum Gasteiger partial charge on any atom is 0.324 e. The summed E-state index contributed by atoms with van der Waals surface area (Å²) in [5.74, 6) is 0. The van der Waals surface area contributed by atoms with Gasteiger partial charge in [0.15, 0.2) is 0 Å². The van der Waals surface area contributed by atoms with Gasteiger partial charge in [-0.25, -0.2) is 0 Å². The summed E-state index contributed by atoms with van der Waals surface area (Å²) >= 11 is 0. The van der Waals surface area contributed by atoms with Gasteiger partial charge in [-0.2, -0.15) is 0 Å². The quantitative estimate of drug-likeness (QED) is 0.305. The molecule has 3 nitrogen and oxygen atoms in total. The molecule has 0 radical (unpaired) electrons. The zero-order chi connectivity index (χ0) is 3.58. The fraction of sp³-hybridized carbons (Fsp3) is 0. The third-order valence-corrected chi connectivity index (χ3v) is 0. The zero-order valence-electron chi connectivity index (χ0n) is 2.11.